The molecule has 2 rings (SSSR count). The molecular formula is C15H16F5N5O3. The lowest BCUT2D eigenvalue weighted by Crippen LogP contribution is -2.51. The molecule has 0 aliphatic heterocycles. The Balaban J connectivity index is 2.23. The lowest BCUT2D eigenvalue weighted by atomic mass is 10.1. The second kappa shape index (κ2) is 7.96. The van der Waals surface area contributed by atoms with E-state index in [4.69, 9.17) is 10.5 Å². The standard InChI is InChI=1S/C15H16F5N5O3/c1-14(27,15(18,19)20)6-22-12(26)10-9(21)4-8(11(16)17)13(24-10)28-5-7-2-3-23-25-7/h2-4,11,27H,5-6,21H2,1H3,(H,22,26)(H,23,25). The van der Waals surface area contributed by atoms with Crippen LogP contribution in [0.5, 0.6) is 5.88 Å². The zero-order valence-corrected chi connectivity index (χ0v) is 14.3. The molecule has 2 aromatic heterocycles. The molecule has 0 spiro atoms. The summed E-state index contributed by atoms with van der Waals surface area (Å²) < 4.78 is 69.5. The summed E-state index contributed by atoms with van der Waals surface area (Å²) >= 11 is 0. The minimum Gasteiger partial charge on any atom is -0.471 e. The van der Waals surface area contributed by atoms with E-state index in [1.165, 1.54) is 12.3 Å². The van der Waals surface area contributed by atoms with Crippen LogP contribution in [0.15, 0.2) is 18.3 Å². The molecule has 154 valence electrons. The summed E-state index contributed by atoms with van der Waals surface area (Å²) in [6.07, 6.45) is -6.64. The smallest absolute Gasteiger partial charge is 0.418 e. The normalized spacial score (nSPS) is 14.0. The number of aromatic nitrogens is 3. The van der Waals surface area contributed by atoms with Crippen molar-refractivity contribution in [3.05, 3.63) is 35.3 Å². The van der Waals surface area contributed by atoms with Crippen molar-refractivity contribution in [1.82, 2.24) is 20.5 Å². The molecule has 0 radical (unpaired) electrons. The number of ether oxygens (including phenoxy) is 1. The molecule has 0 aliphatic carbocycles. The minimum atomic E-state index is -5.00. The van der Waals surface area contributed by atoms with Gasteiger partial charge in [-0.1, -0.05) is 0 Å². The highest BCUT2D eigenvalue weighted by atomic mass is 19.4. The predicted octanol–water partition coefficient (Wildman–Crippen LogP) is 1.95. The molecule has 2 heterocycles. The van der Waals surface area contributed by atoms with Gasteiger partial charge in [0, 0.05) is 6.20 Å². The number of nitrogens with two attached hydrogens (primary N) is 1. The second-order valence-corrected chi connectivity index (χ2v) is 5.95. The number of hydrogen-bond donors (Lipinski definition) is 4. The molecular weight excluding hydrogens is 393 g/mol. The number of rotatable bonds is 7. The van der Waals surface area contributed by atoms with Crippen LogP contribution in [0.4, 0.5) is 27.6 Å². The van der Waals surface area contributed by atoms with Gasteiger partial charge in [-0.2, -0.15) is 18.3 Å². The molecule has 0 saturated carbocycles. The summed E-state index contributed by atoms with van der Waals surface area (Å²) in [4.78, 5) is 15.7. The van der Waals surface area contributed by atoms with E-state index >= 15 is 0 Å². The number of alkyl halides is 5. The van der Waals surface area contributed by atoms with Crippen molar-refractivity contribution in [2.24, 2.45) is 0 Å². The second-order valence-electron chi connectivity index (χ2n) is 5.95. The van der Waals surface area contributed by atoms with Crippen molar-refractivity contribution in [3.8, 4) is 5.88 Å². The third-order valence-corrected chi connectivity index (χ3v) is 3.62. The van der Waals surface area contributed by atoms with E-state index in [0.29, 0.717) is 12.6 Å². The zero-order chi connectivity index (χ0) is 21.1. The number of nitrogens with zero attached hydrogens (tertiary/aromatic N) is 2. The Morgan fingerprint density at radius 1 is 1.43 bits per heavy atom. The van der Waals surface area contributed by atoms with Crippen LogP contribution >= 0.6 is 0 Å². The number of amides is 1. The Bertz CT molecular complexity index is 824. The van der Waals surface area contributed by atoms with Crippen LogP contribution in [0, 0.1) is 0 Å². The number of hydrogen-bond acceptors (Lipinski definition) is 6. The molecule has 1 atom stereocenters. The summed E-state index contributed by atoms with van der Waals surface area (Å²) in [7, 11) is 0. The van der Waals surface area contributed by atoms with Gasteiger partial charge in [-0.3, -0.25) is 9.89 Å². The summed E-state index contributed by atoms with van der Waals surface area (Å²) in [5, 5.41) is 17.3. The number of halogens is 5. The first-order chi connectivity index (χ1) is 12.9. The zero-order valence-electron chi connectivity index (χ0n) is 14.3. The molecule has 8 nitrogen and oxygen atoms in total. The summed E-state index contributed by atoms with van der Waals surface area (Å²) in [6.45, 7) is -0.971. The Labute approximate surface area is 154 Å². The molecule has 1 unspecified atom stereocenters. The van der Waals surface area contributed by atoms with Crippen molar-refractivity contribution < 1.29 is 36.6 Å². The molecule has 0 bridgehead atoms. The van der Waals surface area contributed by atoms with Gasteiger partial charge in [0.1, 0.15) is 6.61 Å². The molecule has 0 fully saturated rings. The largest absolute Gasteiger partial charge is 0.471 e. The van der Waals surface area contributed by atoms with Gasteiger partial charge in [-0.05, 0) is 19.1 Å². The highest BCUT2D eigenvalue weighted by molar-refractivity contribution is 5.97. The van der Waals surface area contributed by atoms with Crippen LogP contribution < -0.4 is 15.8 Å². The van der Waals surface area contributed by atoms with E-state index in [9.17, 15) is 31.9 Å². The molecule has 0 aliphatic rings. The Morgan fingerprint density at radius 3 is 2.64 bits per heavy atom. The molecule has 0 saturated heterocycles. The lowest BCUT2D eigenvalue weighted by Gasteiger charge is -2.26. The first-order valence-electron chi connectivity index (χ1n) is 7.69. The average Bonchev–Trinajstić information content (AvgIpc) is 3.10. The van der Waals surface area contributed by atoms with Gasteiger partial charge in [0.15, 0.2) is 11.3 Å². The number of aromatic amines is 1. The molecule has 5 N–H and O–H groups in total. The van der Waals surface area contributed by atoms with Gasteiger partial charge in [0.2, 0.25) is 5.88 Å². The predicted molar refractivity (Wildman–Crippen MR) is 85.5 cm³/mol. The Morgan fingerprint density at radius 2 is 2.11 bits per heavy atom. The maximum Gasteiger partial charge on any atom is 0.418 e. The van der Waals surface area contributed by atoms with E-state index in [2.05, 4.69) is 15.2 Å². The number of H-pyrrole nitrogens is 1. The van der Waals surface area contributed by atoms with Gasteiger partial charge in [-0.25, -0.2) is 13.8 Å². The third-order valence-electron chi connectivity index (χ3n) is 3.62. The van der Waals surface area contributed by atoms with Crippen molar-refractivity contribution in [3.63, 3.8) is 0 Å². The number of carbonyl (C=O) groups excluding carboxylic acids is 1. The van der Waals surface area contributed by atoms with Gasteiger partial charge in [0.05, 0.1) is 23.5 Å². The van der Waals surface area contributed by atoms with Gasteiger partial charge >= 0.3 is 6.18 Å². The maximum absolute atomic E-state index is 13.2. The van der Waals surface area contributed by atoms with Crippen molar-refractivity contribution in [1.29, 1.82) is 0 Å². The van der Waals surface area contributed by atoms with Gasteiger partial charge in [-0.15, -0.1) is 0 Å². The van der Waals surface area contributed by atoms with E-state index < -0.39 is 53.5 Å². The van der Waals surface area contributed by atoms with Gasteiger partial charge < -0.3 is 20.9 Å². The fourth-order valence-electron chi connectivity index (χ4n) is 1.93. The Hall–Kier alpha value is -2.96. The SMILES string of the molecule is CC(O)(CNC(=O)c1nc(OCc2ccn[nH]2)c(C(F)F)cc1N)C(F)(F)F. The van der Waals surface area contributed by atoms with Crippen molar-refractivity contribution >= 4 is 11.6 Å². The fraction of sp³-hybridized carbons (Fsp3) is 0.400. The van der Waals surface area contributed by atoms with Crippen LogP contribution in [0.2, 0.25) is 0 Å². The molecule has 1 amide bonds. The van der Waals surface area contributed by atoms with Crippen molar-refractivity contribution in [2.45, 2.75) is 31.7 Å². The minimum absolute atomic E-state index is 0.236. The summed E-state index contributed by atoms with van der Waals surface area (Å²) in [6, 6.07) is 2.25. The first-order valence-corrected chi connectivity index (χ1v) is 7.69. The number of carbonyl (C=O) groups is 1. The van der Waals surface area contributed by atoms with E-state index in [1.807, 2.05) is 5.32 Å². The van der Waals surface area contributed by atoms with Crippen LogP contribution in [0.1, 0.15) is 35.1 Å². The van der Waals surface area contributed by atoms with Crippen LogP contribution in [-0.2, 0) is 6.61 Å². The van der Waals surface area contributed by atoms with Crippen molar-refractivity contribution in [2.75, 3.05) is 12.3 Å². The fourth-order valence-corrected chi connectivity index (χ4v) is 1.93. The Kier molecular flexibility index (Phi) is 6.07. The van der Waals surface area contributed by atoms with E-state index in [0.717, 1.165) is 6.07 Å². The molecule has 0 aromatic carbocycles. The number of nitrogen functional groups attached to an aromatic ring is 1. The van der Waals surface area contributed by atoms with E-state index in [-0.39, 0.29) is 6.61 Å². The van der Waals surface area contributed by atoms with Crippen LogP contribution in [0.3, 0.4) is 0 Å². The molecule has 2 aromatic rings. The number of nitrogens with one attached hydrogen (secondary N) is 2. The van der Waals surface area contributed by atoms with Gasteiger partial charge in [0.25, 0.3) is 12.3 Å². The lowest BCUT2D eigenvalue weighted by molar-refractivity contribution is -0.249. The number of anilines is 1. The first kappa shape index (κ1) is 21.3. The van der Waals surface area contributed by atoms with Crippen LogP contribution in [0.25, 0.3) is 0 Å². The maximum atomic E-state index is 13.2. The van der Waals surface area contributed by atoms with Crippen LogP contribution in [-0.4, -0.2) is 44.5 Å². The summed E-state index contributed by atoms with van der Waals surface area (Å²) in [5.41, 5.74) is 0.932. The third kappa shape index (κ3) is 4.85. The monoisotopic (exact) mass is 409 g/mol. The number of pyridine rings is 1. The highest BCUT2D eigenvalue weighted by Gasteiger charge is 2.50. The highest BCUT2D eigenvalue weighted by Crippen LogP contribution is 2.32. The quantitative estimate of drug-likeness (QED) is 0.518. The molecule has 28 heavy (non-hydrogen) atoms. The number of aliphatic hydroxyl groups is 1. The molecule has 13 heteroatoms. The topological polar surface area (TPSA) is 126 Å². The average molecular weight is 409 g/mol. The van der Waals surface area contributed by atoms with E-state index in [1.54, 1.807) is 0 Å². The summed E-state index contributed by atoms with van der Waals surface area (Å²) in [5.74, 6) is -1.82.